The number of hydrogen-bond donors (Lipinski definition) is 4. The number of fused-ring (bicyclic) bond motifs is 1. The highest BCUT2D eigenvalue weighted by molar-refractivity contribution is 5.84. The Morgan fingerprint density at radius 2 is 2.00 bits per heavy atom. The molecular formula is C30H28FN9O5. The molecule has 14 nitrogen and oxygen atoms in total. The fourth-order valence-corrected chi connectivity index (χ4v) is 5.06. The first-order chi connectivity index (χ1) is 21.6. The number of nitrogen functional groups attached to an aromatic ring is 1. The SMILES string of the molecule is Cn1cc(Nc2nc(N)nc(-c3cccc(-n4ccc5cc(C6CC6)cc(F)c5c4=O)c3COC(=O)C(N)CC(=O)O)n2)cn1. The number of halogens is 1. The van der Waals surface area contributed by atoms with E-state index in [0.717, 1.165) is 18.4 Å². The summed E-state index contributed by atoms with van der Waals surface area (Å²) in [7, 11) is 1.74. The van der Waals surface area contributed by atoms with Gasteiger partial charge in [0.1, 0.15) is 18.5 Å². The third-order valence-corrected chi connectivity index (χ3v) is 7.35. The zero-order valence-corrected chi connectivity index (χ0v) is 24.0. The zero-order chi connectivity index (χ0) is 31.8. The highest BCUT2D eigenvalue weighted by atomic mass is 19.1. The summed E-state index contributed by atoms with van der Waals surface area (Å²) in [6, 6.07) is 8.29. The monoisotopic (exact) mass is 613 g/mol. The van der Waals surface area contributed by atoms with Crippen LogP contribution in [0.4, 0.5) is 22.0 Å². The van der Waals surface area contributed by atoms with E-state index in [0.29, 0.717) is 22.6 Å². The van der Waals surface area contributed by atoms with Crippen LogP contribution in [0, 0.1) is 5.82 Å². The number of carboxylic acid groups (broad SMARTS) is 1. The number of carbonyl (C=O) groups is 2. The fraction of sp³-hybridized carbons (Fsp3) is 0.233. The number of ether oxygens (including phenoxy) is 1. The molecule has 3 heterocycles. The number of pyridine rings is 1. The number of nitrogens with zero attached hydrogens (tertiary/aromatic N) is 6. The van der Waals surface area contributed by atoms with Gasteiger partial charge in [-0.25, -0.2) is 4.39 Å². The number of nitrogens with one attached hydrogen (secondary N) is 1. The second-order valence-electron chi connectivity index (χ2n) is 10.7. The van der Waals surface area contributed by atoms with Crippen molar-refractivity contribution >= 4 is 40.3 Å². The maximum absolute atomic E-state index is 15.4. The van der Waals surface area contributed by atoms with Crippen molar-refractivity contribution < 1.29 is 23.8 Å². The number of hydrogen-bond acceptors (Lipinski definition) is 11. The number of esters is 1. The van der Waals surface area contributed by atoms with E-state index >= 15 is 4.39 Å². The first-order valence-electron chi connectivity index (χ1n) is 14.0. The number of benzene rings is 2. The lowest BCUT2D eigenvalue weighted by Crippen LogP contribution is -2.34. The van der Waals surface area contributed by atoms with Gasteiger partial charge in [-0.05, 0) is 47.9 Å². The average Bonchev–Trinajstić information content (AvgIpc) is 3.76. The summed E-state index contributed by atoms with van der Waals surface area (Å²) in [4.78, 5) is 50.4. The van der Waals surface area contributed by atoms with E-state index in [-0.39, 0.29) is 34.4 Å². The lowest BCUT2D eigenvalue weighted by Gasteiger charge is -2.18. The van der Waals surface area contributed by atoms with Gasteiger partial charge >= 0.3 is 11.9 Å². The van der Waals surface area contributed by atoms with Crippen LogP contribution in [-0.4, -0.2) is 52.4 Å². The van der Waals surface area contributed by atoms with Gasteiger partial charge in [0.05, 0.1) is 29.4 Å². The molecule has 1 aliphatic carbocycles. The first kappa shape index (κ1) is 29.4. The van der Waals surface area contributed by atoms with Crippen molar-refractivity contribution in [2.24, 2.45) is 12.8 Å². The van der Waals surface area contributed by atoms with Crippen molar-refractivity contribution in [2.75, 3.05) is 11.1 Å². The molecule has 1 saturated carbocycles. The first-order valence-corrected chi connectivity index (χ1v) is 14.0. The van der Waals surface area contributed by atoms with E-state index in [1.807, 2.05) is 6.07 Å². The molecule has 5 aromatic rings. The molecule has 0 bridgehead atoms. The maximum Gasteiger partial charge on any atom is 0.323 e. The van der Waals surface area contributed by atoms with Gasteiger partial charge in [-0.2, -0.15) is 20.1 Å². The molecule has 1 atom stereocenters. The summed E-state index contributed by atoms with van der Waals surface area (Å²) < 4.78 is 23.6. The van der Waals surface area contributed by atoms with E-state index in [1.165, 1.54) is 16.8 Å². The summed E-state index contributed by atoms with van der Waals surface area (Å²) in [6.45, 7) is -0.456. The van der Waals surface area contributed by atoms with Gasteiger partial charge in [-0.3, -0.25) is 23.6 Å². The highest BCUT2D eigenvalue weighted by Crippen LogP contribution is 2.41. The minimum absolute atomic E-state index is 0.0747. The number of anilines is 3. The molecule has 15 heteroatoms. The molecular weight excluding hydrogens is 585 g/mol. The van der Waals surface area contributed by atoms with Crippen LogP contribution in [-0.2, 0) is 28.0 Å². The van der Waals surface area contributed by atoms with Crippen LogP contribution >= 0.6 is 0 Å². The number of aliphatic carboxylic acids is 1. The quantitative estimate of drug-likeness (QED) is 0.168. The highest BCUT2D eigenvalue weighted by Gasteiger charge is 2.26. The van der Waals surface area contributed by atoms with Gasteiger partial charge in [0.2, 0.25) is 11.9 Å². The molecule has 6 N–H and O–H groups in total. The minimum atomic E-state index is -1.43. The number of aromatic nitrogens is 6. The lowest BCUT2D eigenvalue weighted by molar-refractivity contribution is -0.150. The van der Waals surface area contributed by atoms with Gasteiger partial charge in [0, 0.05) is 30.6 Å². The predicted octanol–water partition coefficient (Wildman–Crippen LogP) is 2.76. The Hall–Kier alpha value is -5.70. The van der Waals surface area contributed by atoms with Crippen LogP contribution < -0.4 is 22.3 Å². The van der Waals surface area contributed by atoms with Gasteiger partial charge in [0.25, 0.3) is 5.56 Å². The lowest BCUT2D eigenvalue weighted by atomic mass is 10.0. The predicted molar refractivity (Wildman–Crippen MR) is 161 cm³/mol. The number of nitrogens with two attached hydrogens (primary N) is 2. The van der Waals surface area contributed by atoms with Crippen LogP contribution in [0.1, 0.15) is 36.3 Å². The molecule has 0 radical (unpaired) electrons. The Labute approximate surface area is 254 Å². The standard InChI is InChI=1S/C30H28FN9O5/c1-39-13-18(12-34-39)35-30-37-26(36-29(33)38-30)19-3-2-4-23(20(19)14-45-28(44)22(32)11-24(41)42)40-8-7-16-9-17(15-5-6-15)10-21(31)25(16)27(40)43/h2-4,7-10,12-13,15,22H,5-6,11,14,32H2,1H3,(H,41,42)(H3,33,35,36,37,38). The topological polar surface area (TPSA) is 206 Å². The minimum Gasteiger partial charge on any atom is -0.481 e. The summed E-state index contributed by atoms with van der Waals surface area (Å²) in [5, 5.41) is 16.5. The Morgan fingerprint density at radius 1 is 1.20 bits per heavy atom. The summed E-state index contributed by atoms with van der Waals surface area (Å²) in [6.07, 6.45) is 6.09. The van der Waals surface area contributed by atoms with E-state index in [1.54, 1.807) is 48.4 Å². The molecule has 1 fully saturated rings. The van der Waals surface area contributed by atoms with Crippen molar-refractivity contribution in [2.45, 2.75) is 37.8 Å². The molecule has 1 unspecified atom stereocenters. The Kier molecular flexibility index (Phi) is 7.68. The van der Waals surface area contributed by atoms with Gasteiger partial charge in [0.15, 0.2) is 5.82 Å². The van der Waals surface area contributed by atoms with Crippen LogP contribution in [0.5, 0.6) is 0 Å². The Morgan fingerprint density at radius 3 is 2.71 bits per heavy atom. The van der Waals surface area contributed by atoms with Gasteiger partial charge < -0.3 is 26.6 Å². The van der Waals surface area contributed by atoms with Crippen molar-refractivity contribution in [3.05, 3.63) is 82.3 Å². The second kappa shape index (κ2) is 11.8. The van der Waals surface area contributed by atoms with E-state index in [4.69, 9.17) is 21.3 Å². The molecule has 45 heavy (non-hydrogen) atoms. The smallest absolute Gasteiger partial charge is 0.323 e. The Bertz CT molecular complexity index is 2020. The van der Waals surface area contributed by atoms with Crippen molar-refractivity contribution in [1.29, 1.82) is 0 Å². The number of carbonyl (C=O) groups excluding carboxylic acids is 1. The molecule has 230 valence electrons. The summed E-state index contributed by atoms with van der Waals surface area (Å²) >= 11 is 0. The molecule has 0 amide bonds. The van der Waals surface area contributed by atoms with Gasteiger partial charge in [-0.15, -0.1) is 0 Å². The molecule has 1 aliphatic rings. The van der Waals surface area contributed by atoms with Crippen LogP contribution in [0.15, 0.2) is 59.8 Å². The maximum atomic E-state index is 15.4. The third kappa shape index (κ3) is 6.19. The summed E-state index contributed by atoms with van der Waals surface area (Å²) in [5.41, 5.74) is 13.4. The normalized spacial score (nSPS) is 13.5. The third-order valence-electron chi connectivity index (χ3n) is 7.35. The molecule has 3 aromatic heterocycles. The number of carboxylic acids is 1. The zero-order valence-electron chi connectivity index (χ0n) is 24.0. The van der Waals surface area contributed by atoms with Crippen molar-refractivity contribution in [1.82, 2.24) is 29.3 Å². The van der Waals surface area contributed by atoms with E-state index in [9.17, 15) is 14.4 Å². The molecule has 2 aromatic carbocycles. The molecule has 0 aliphatic heterocycles. The van der Waals surface area contributed by atoms with Crippen LogP contribution in [0.25, 0.3) is 27.8 Å². The second-order valence-corrected chi connectivity index (χ2v) is 10.7. The molecule has 0 saturated heterocycles. The summed E-state index contributed by atoms with van der Waals surface area (Å²) in [5.74, 6) is -2.54. The van der Waals surface area contributed by atoms with Gasteiger partial charge in [-0.1, -0.05) is 18.2 Å². The van der Waals surface area contributed by atoms with Crippen molar-refractivity contribution in [3.8, 4) is 17.1 Å². The largest absolute Gasteiger partial charge is 0.481 e. The van der Waals surface area contributed by atoms with Crippen LogP contribution in [0.2, 0.25) is 0 Å². The number of aryl methyl sites for hydroxylation is 1. The number of rotatable bonds is 10. The van der Waals surface area contributed by atoms with E-state index in [2.05, 4.69) is 25.4 Å². The van der Waals surface area contributed by atoms with Crippen LogP contribution in [0.3, 0.4) is 0 Å². The molecule has 6 rings (SSSR count). The van der Waals surface area contributed by atoms with E-state index < -0.39 is 42.4 Å². The van der Waals surface area contributed by atoms with Crippen molar-refractivity contribution in [3.63, 3.8) is 0 Å². The Balaban J connectivity index is 1.46. The average molecular weight is 614 g/mol. The fourth-order valence-electron chi connectivity index (χ4n) is 5.06. The molecule has 0 spiro atoms.